The van der Waals surface area contributed by atoms with Gasteiger partial charge in [-0.1, -0.05) is 0 Å². The second kappa shape index (κ2) is 6.05. The zero-order chi connectivity index (χ0) is 20.2. The third-order valence-electron chi connectivity index (χ3n) is 4.48. The van der Waals surface area contributed by atoms with E-state index < -0.39 is 34.6 Å². The van der Waals surface area contributed by atoms with Crippen LogP contribution in [0.25, 0.3) is 32.5 Å². The van der Waals surface area contributed by atoms with Crippen molar-refractivity contribution < 1.29 is 34.4 Å². The standard InChI is InChI=1S/C20H14O8/c1-2-27-19(25)11-3-8-4-12(21)13(22)5-9(8)17-10-6-14(23)15(24)7-16(10)28-20(26)18(11)17/h3-7,21-24H,2H2,1H3. The Morgan fingerprint density at radius 1 is 0.893 bits per heavy atom. The summed E-state index contributed by atoms with van der Waals surface area (Å²) in [5, 5.41) is 40.5. The molecule has 0 aliphatic rings. The van der Waals surface area contributed by atoms with Crippen molar-refractivity contribution in [3.05, 3.63) is 46.3 Å². The normalized spacial score (nSPS) is 11.3. The second-order valence-electron chi connectivity index (χ2n) is 6.18. The third kappa shape index (κ3) is 2.46. The molecule has 8 nitrogen and oxygen atoms in total. The third-order valence-corrected chi connectivity index (χ3v) is 4.48. The number of carbonyl (C=O) groups is 1. The lowest BCUT2D eigenvalue weighted by atomic mass is 9.95. The first kappa shape index (κ1) is 17.5. The molecule has 1 aromatic heterocycles. The summed E-state index contributed by atoms with van der Waals surface area (Å²) in [4.78, 5) is 25.1. The number of ether oxygens (including phenoxy) is 1. The monoisotopic (exact) mass is 382 g/mol. The number of hydrogen-bond donors (Lipinski definition) is 4. The summed E-state index contributed by atoms with van der Waals surface area (Å²) in [6, 6.07) is 6.11. The number of carbonyl (C=O) groups excluding carboxylic acids is 1. The summed E-state index contributed by atoms with van der Waals surface area (Å²) in [6.45, 7) is 1.69. The summed E-state index contributed by atoms with van der Waals surface area (Å²) >= 11 is 0. The van der Waals surface area contributed by atoms with Crippen molar-refractivity contribution in [3.8, 4) is 23.0 Å². The maximum Gasteiger partial charge on any atom is 0.345 e. The molecule has 0 fully saturated rings. The Morgan fingerprint density at radius 2 is 1.50 bits per heavy atom. The highest BCUT2D eigenvalue weighted by atomic mass is 16.5. The van der Waals surface area contributed by atoms with Crippen LogP contribution in [0.5, 0.6) is 23.0 Å². The Labute approximate surface area is 156 Å². The minimum absolute atomic E-state index is 0.0253. The zero-order valence-electron chi connectivity index (χ0n) is 14.5. The number of fused-ring (bicyclic) bond motifs is 5. The van der Waals surface area contributed by atoms with E-state index in [0.29, 0.717) is 10.8 Å². The van der Waals surface area contributed by atoms with Crippen LogP contribution in [0.1, 0.15) is 17.3 Å². The second-order valence-corrected chi connectivity index (χ2v) is 6.18. The fourth-order valence-electron chi connectivity index (χ4n) is 3.28. The van der Waals surface area contributed by atoms with E-state index in [1.165, 1.54) is 24.3 Å². The van der Waals surface area contributed by atoms with Crippen LogP contribution in [-0.4, -0.2) is 33.0 Å². The quantitative estimate of drug-likeness (QED) is 0.180. The van der Waals surface area contributed by atoms with Crippen LogP contribution in [0.3, 0.4) is 0 Å². The lowest BCUT2D eigenvalue weighted by molar-refractivity contribution is 0.0528. The van der Waals surface area contributed by atoms with Crippen LogP contribution in [-0.2, 0) is 4.74 Å². The highest BCUT2D eigenvalue weighted by Crippen LogP contribution is 2.40. The van der Waals surface area contributed by atoms with E-state index in [1.54, 1.807) is 6.92 Å². The summed E-state index contributed by atoms with van der Waals surface area (Å²) in [5.41, 5.74) is -0.967. The van der Waals surface area contributed by atoms with Gasteiger partial charge in [0.2, 0.25) is 0 Å². The average Bonchev–Trinajstić information content (AvgIpc) is 2.64. The van der Waals surface area contributed by atoms with Crippen LogP contribution >= 0.6 is 0 Å². The minimum Gasteiger partial charge on any atom is -0.504 e. The SMILES string of the molecule is CCOC(=O)c1cc2cc(O)c(O)cc2c2c1c(=O)oc1cc(O)c(O)cc12. The van der Waals surface area contributed by atoms with Crippen molar-refractivity contribution in [2.45, 2.75) is 6.92 Å². The van der Waals surface area contributed by atoms with E-state index >= 15 is 0 Å². The van der Waals surface area contributed by atoms with Gasteiger partial charge in [-0.05, 0) is 42.0 Å². The summed E-state index contributed by atoms with van der Waals surface area (Å²) < 4.78 is 10.3. The van der Waals surface area contributed by atoms with Gasteiger partial charge in [-0.15, -0.1) is 0 Å². The molecule has 0 bridgehead atoms. The van der Waals surface area contributed by atoms with Crippen molar-refractivity contribution in [2.24, 2.45) is 0 Å². The molecule has 1 heterocycles. The lowest BCUT2D eigenvalue weighted by Gasteiger charge is -2.12. The van der Waals surface area contributed by atoms with E-state index in [-0.39, 0.29) is 33.9 Å². The molecule has 0 aliphatic carbocycles. The number of phenolic OH excluding ortho intramolecular Hbond substituents is 4. The van der Waals surface area contributed by atoms with Gasteiger partial charge in [0.05, 0.1) is 17.6 Å². The average molecular weight is 382 g/mol. The first-order valence-corrected chi connectivity index (χ1v) is 8.30. The fraction of sp³-hybridized carbons (Fsp3) is 0.100. The van der Waals surface area contributed by atoms with Gasteiger partial charge in [0.1, 0.15) is 5.58 Å². The Bertz CT molecular complexity index is 1330. The van der Waals surface area contributed by atoms with Crippen LogP contribution in [0.4, 0.5) is 0 Å². The predicted octanol–water partition coefficient (Wildman–Crippen LogP) is 3.10. The molecule has 28 heavy (non-hydrogen) atoms. The van der Waals surface area contributed by atoms with Crippen molar-refractivity contribution >= 4 is 38.5 Å². The molecule has 0 atom stereocenters. The molecule has 3 aromatic carbocycles. The van der Waals surface area contributed by atoms with Gasteiger partial charge in [-0.25, -0.2) is 9.59 Å². The molecule has 4 rings (SSSR count). The number of hydrogen-bond acceptors (Lipinski definition) is 8. The van der Waals surface area contributed by atoms with Crippen molar-refractivity contribution in [1.82, 2.24) is 0 Å². The summed E-state index contributed by atoms with van der Waals surface area (Å²) in [6.07, 6.45) is 0. The van der Waals surface area contributed by atoms with Gasteiger partial charge in [0.15, 0.2) is 23.0 Å². The molecule has 8 heteroatoms. The summed E-state index contributed by atoms with van der Waals surface area (Å²) in [5.74, 6) is -2.55. The fourth-order valence-corrected chi connectivity index (χ4v) is 3.28. The number of esters is 1. The highest BCUT2D eigenvalue weighted by molar-refractivity contribution is 6.24. The van der Waals surface area contributed by atoms with Crippen molar-refractivity contribution in [1.29, 1.82) is 0 Å². The molecular formula is C20H14O8. The first-order chi connectivity index (χ1) is 13.3. The van der Waals surface area contributed by atoms with Gasteiger partial charge < -0.3 is 29.6 Å². The van der Waals surface area contributed by atoms with E-state index in [0.717, 1.165) is 6.07 Å². The van der Waals surface area contributed by atoms with Crippen LogP contribution in [0.15, 0.2) is 39.5 Å². The molecule has 142 valence electrons. The first-order valence-electron chi connectivity index (χ1n) is 8.30. The predicted molar refractivity (Wildman–Crippen MR) is 100 cm³/mol. The molecule has 0 aliphatic heterocycles. The summed E-state index contributed by atoms with van der Waals surface area (Å²) in [7, 11) is 0. The Morgan fingerprint density at radius 3 is 2.18 bits per heavy atom. The Hall–Kier alpha value is -3.94. The molecular weight excluding hydrogens is 368 g/mol. The van der Waals surface area contributed by atoms with Crippen LogP contribution < -0.4 is 5.63 Å². The molecule has 0 radical (unpaired) electrons. The number of benzene rings is 3. The van der Waals surface area contributed by atoms with E-state index in [2.05, 4.69) is 0 Å². The van der Waals surface area contributed by atoms with E-state index in [4.69, 9.17) is 9.15 Å². The van der Waals surface area contributed by atoms with Gasteiger partial charge >= 0.3 is 11.6 Å². The minimum atomic E-state index is -0.856. The molecule has 0 unspecified atom stereocenters. The molecule has 0 amide bonds. The van der Waals surface area contributed by atoms with Gasteiger partial charge in [0.25, 0.3) is 0 Å². The number of aromatic hydroxyl groups is 4. The van der Waals surface area contributed by atoms with E-state index in [1.807, 2.05) is 0 Å². The largest absolute Gasteiger partial charge is 0.504 e. The molecule has 0 saturated carbocycles. The van der Waals surface area contributed by atoms with Gasteiger partial charge in [-0.2, -0.15) is 0 Å². The lowest BCUT2D eigenvalue weighted by Crippen LogP contribution is -2.11. The van der Waals surface area contributed by atoms with Gasteiger partial charge in [-0.3, -0.25) is 0 Å². The van der Waals surface area contributed by atoms with Crippen LogP contribution in [0, 0.1) is 0 Å². The number of phenols is 4. The van der Waals surface area contributed by atoms with Crippen LogP contribution in [0.2, 0.25) is 0 Å². The Balaban J connectivity index is 2.33. The molecule has 0 saturated heterocycles. The zero-order valence-corrected chi connectivity index (χ0v) is 14.5. The van der Waals surface area contributed by atoms with Crippen molar-refractivity contribution in [3.63, 3.8) is 0 Å². The maximum absolute atomic E-state index is 12.7. The maximum atomic E-state index is 12.7. The molecule has 4 aromatic rings. The molecule has 4 N–H and O–H groups in total. The van der Waals surface area contributed by atoms with E-state index in [9.17, 15) is 30.0 Å². The smallest absolute Gasteiger partial charge is 0.345 e. The Kier molecular flexibility index (Phi) is 3.78. The molecule has 0 spiro atoms. The van der Waals surface area contributed by atoms with Crippen molar-refractivity contribution in [2.75, 3.05) is 6.61 Å². The topological polar surface area (TPSA) is 137 Å². The van der Waals surface area contributed by atoms with Gasteiger partial charge in [0, 0.05) is 16.8 Å². The number of rotatable bonds is 2. The highest BCUT2D eigenvalue weighted by Gasteiger charge is 2.22.